The number of hydrogen-bond donors (Lipinski definition) is 0. The molecule has 1 aromatic rings. The molecule has 0 aliphatic heterocycles. The van der Waals surface area contributed by atoms with Crippen molar-refractivity contribution in [2.24, 2.45) is 0 Å². The van der Waals surface area contributed by atoms with Gasteiger partial charge in [-0.1, -0.05) is 39.7 Å². The van der Waals surface area contributed by atoms with Gasteiger partial charge in [-0.15, -0.1) is 0 Å². The van der Waals surface area contributed by atoms with Gasteiger partial charge in [-0.3, -0.25) is 9.59 Å². The second-order valence-corrected chi connectivity index (χ2v) is 5.36. The molecular formula is C14H16BrClO4. The molecule has 1 rings (SSSR count). The summed E-state index contributed by atoms with van der Waals surface area (Å²) in [4.78, 5) is 23.1. The Balaban J connectivity index is 3.04. The van der Waals surface area contributed by atoms with Crippen molar-refractivity contribution in [3.05, 3.63) is 34.9 Å². The zero-order chi connectivity index (χ0) is 15.1. The minimum absolute atomic E-state index is 0.242. The molecule has 0 amide bonds. The minimum atomic E-state index is -0.803. The first-order valence-electron chi connectivity index (χ1n) is 6.24. The predicted molar refractivity (Wildman–Crippen MR) is 80.2 cm³/mol. The number of ether oxygens (including phenoxy) is 2. The van der Waals surface area contributed by atoms with E-state index in [0.717, 1.165) is 0 Å². The molecule has 20 heavy (non-hydrogen) atoms. The van der Waals surface area contributed by atoms with Crippen LogP contribution in [0.25, 0.3) is 0 Å². The third-order valence-electron chi connectivity index (χ3n) is 2.57. The van der Waals surface area contributed by atoms with Crippen LogP contribution in [0, 0.1) is 0 Å². The summed E-state index contributed by atoms with van der Waals surface area (Å²) in [6, 6.07) is 6.71. The van der Waals surface area contributed by atoms with Crippen LogP contribution < -0.4 is 0 Å². The first kappa shape index (κ1) is 17.0. The van der Waals surface area contributed by atoms with Crippen LogP contribution in [0.2, 0.25) is 5.02 Å². The molecule has 0 aliphatic carbocycles. The van der Waals surface area contributed by atoms with Gasteiger partial charge < -0.3 is 9.47 Å². The van der Waals surface area contributed by atoms with E-state index in [2.05, 4.69) is 15.9 Å². The van der Waals surface area contributed by atoms with Crippen LogP contribution in [0.15, 0.2) is 24.3 Å². The van der Waals surface area contributed by atoms with Crippen molar-refractivity contribution in [1.82, 2.24) is 0 Å². The molecule has 1 aromatic carbocycles. The highest BCUT2D eigenvalue weighted by Gasteiger charge is 2.35. The summed E-state index contributed by atoms with van der Waals surface area (Å²) in [5.41, 5.74) is 0.641. The maximum absolute atomic E-state index is 12.1. The van der Waals surface area contributed by atoms with Crippen molar-refractivity contribution >= 4 is 39.5 Å². The Labute approximate surface area is 131 Å². The van der Waals surface area contributed by atoms with E-state index in [0.29, 0.717) is 10.6 Å². The molecule has 0 unspecified atom stereocenters. The van der Waals surface area contributed by atoms with Crippen LogP contribution in [0.3, 0.4) is 0 Å². The molecule has 0 saturated heterocycles. The first-order valence-corrected chi connectivity index (χ1v) is 7.53. The number of carbonyl (C=O) groups excluding carboxylic acids is 2. The number of halogens is 2. The standard InChI is InChI=1S/C14H16BrClO4/c1-3-19-13(17)11(12(15)14(18)20-4-2)9-5-7-10(16)8-6-9/h5-8,11-12H,3-4H2,1-2H3/t11-,12-/m0/s1. The topological polar surface area (TPSA) is 52.6 Å². The Morgan fingerprint density at radius 2 is 1.60 bits per heavy atom. The maximum atomic E-state index is 12.1. The Kier molecular flexibility index (Phi) is 7.02. The maximum Gasteiger partial charge on any atom is 0.320 e. The van der Waals surface area contributed by atoms with Crippen LogP contribution in [-0.2, 0) is 19.1 Å². The fourth-order valence-corrected chi connectivity index (χ4v) is 2.46. The van der Waals surface area contributed by atoms with Crippen molar-refractivity contribution in [2.45, 2.75) is 24.6 Å². The summed E-state index contributed by atoms with van der Waals surface area (Å²) in [5.74, 6) is -1.75. The van der Waals surface area contributed by atoms with Crippen LogP contribution in [0.5, 0.6) is 0 Å². The van der Waals surface area contributed by atoms with Crippen molar-refractivity contribution in [3.8, 4) is 0 Å². The van der Waals surface area contributed by atoms with E-state index >= 15 is 0 Å². The third-order valence-corrected chi connectivity index (χ3v) is 3.73. The predicted octanol–water partition coefficient (Wildman–Crippen LogP) is 3.31. The van der Waals surface area contributed by atoms with Crippen molar-refractivity contribution in [3.63, 3.8) is 0 Å². The molecular weight excluding hydrogens is 348 g/mol. The van der Waals surface area contributed by atoms with E-state index in [1.54, 1.807) is 38.1 Å². The molecule has 0 aromatic heterocycles. The Hall–Kier alpha value is -1.07. The van der Waals surface area contributed by atoms with Crippen LogP contribution in [-0.4, -0.2) is 30.0 Å². The number of esters is 2. The molecule has 0 heterocycles. The number of rotatable bonds is 6. The lowest BCUT2D eigenvalue weighted by atomic mass is 9.96. The molecule has 0 N–H and O–H groups in total. The third kappa shape index (κ3) is 4.49. The van der Waals surface area contributed by atoms with E-state index in [9.17, 15) is 9.59 Å². The lowest BCUT2D eigenvalue weighted by Gasteiger charge is -2.20. The van der Waals surface area contributed by atoms with Crippen molar-refractivity contribution in [2.75, 3.05) is 13.2 Å². The van der Waals surface area contributed by atoms with E-state index in [1.165, 1.54) is 0 Å². The highest BCUT2D eigenvalue weighted by Crippen LogP contribution is 2.28. The lowest BCUT2D eigenvalue weighted by molar-refractivity contribution is -0.150. The first-order chi connectivity index (χ1) is 9.51. The Morgan fingerprint density at radius 3 is 2.10 bits per heavy atom. The molecule has 110 valence electrons. The summed E-state index contributed by atoms with van der Waals surface area (Å²) >= 11 is 9.06. The van der Waals surface area contributed by atoms with Crippen LogP contribution in [0.1, 0.15) is 25.3 Å². The number of hydrogen-bond acceptors (Lipinski definition) is 4. The zero-order valence-electron chi connectivity index (χ0n) is 11.3. The molecule has 2 atom stereocenters. The number of benzene rings is 1. The van der Waals surface area contributed by atoms with Crippen LogP contribution in [0.4, 0.5) is 0 Å². The molecule has 0 radical (unpaired) electrons. The summed E-state index contributed by atoms with van der Waals surface area (Å²) in [7, 11) is 0. The molecule has 0 saturated carbocycles. The lowest BCUT2D eigenvalue weighted by Crippen LogP contribution is -2.31. The quantitative estimate of drug-likeness (QED) is 0.575. The average molecular weight is 364 g/mol. The van der Waals surface area contributed by atoms with E-state index in [-0.39, 0.29) is 13.2 Å². The summed E-state index contributed by atoms with van der Waals surface area (Å²) < 4.78 is 9.97. The van der Waals surface area contributed by atoms with Gasteiger partial charge in [0, 0.05) is 5.02 Å². The second kappa shape index (κ2) is 8.27. The van der Waals surface area contributed by atoms with Crippen molar-refractivity contribution in [1.29, 1.82) is 0 Å². The van der Waals surface area contributed by atoms with Gasteiger partial charge >= 0.3 is 11.9 Å². The highest BCUT2D eigenvalue weighted by molar-refractivity contribution is 9.10. The van der Waals surface area contributed by atoms with Crippen molar-refractivity contribution < 1.29 is 19.1 Å². The average Bonchev–Trinajstić information content (AvgIpc) is 2.41. The summed E-state index contributed by atoms with van der Waals surface area (Å²) in [6.45, 7) is 3.91. The van der Waals surface area contributed by atoms with Gasteiger partial charge in [-0.05, 0) is 31.5 Å². The van der Waals surface area contributed by atoms with Gasteiger partial charge in [0.25, 0.3) is 0 Å². The van der Waals surface area contributed by atoms with Gasteiger partial charge in [0.1, 0.15) is 10.7 Å². The SMILES string of the molecule is CCOC(=O)[C@@H](Br)[C@@H](C(=O)OCC)c1ccc(Cl)cc1. The van der Waals surface area contributed by atoms with Gasteiger partial charge in [0.15, 0.2) is 0 Å². The molecule has 6 heteroatoms. The van der Waals surface area contributed by atoms with Gasteiger partial charge in [-0.2, -0.15) is 0 Å². The molecule has 0 bridgehead atoms. The highest BCUT2D eigenvalue weighted by atomic mass is 79.9. The molecule has 0 fully saturated rings. The van der Waals surface area contributed by atoms with Crippen LogP contribution >= 0.6 is 27.5 Å². The van der Waals surface area contributed by atoms with E-state index in [1.807, 2.05) is 0 Å². The fraction of sp³-hybridized carbons (Fsp3) is 0.429. The minimum Gasteiger partial charge on any atom is -0.465 e. The van der Waals surface area contributed by atoms with Gasteiger partial charge in [-0.25, -0.2) is 0 Å². The number of carbonyl (C=O) groups is 2. The van der Waals surface area contributed by atoms with Gasteiger partial charge in [0.2, 0.25) is 0 Å². The monoisotopic (exact) mass is 362 g/mol. The summed E-state index contributed by atoms with van der Waals surface area (Å²) in [5, 5.41) is 0.554. The second-order valence-electron chi connectivity index (χ2n) is 3.94. The number of alkyl halides is 1. The Morgan fingerprint density at radius 1 is 1.10 bits per heavy atom. The largest absolute Gasteiger partial charge is 0.465 e. The smallest absolute Gasteiger partial charge is 0.320 e. The fourth-order valence-electron chi connectivity index (χ4n) is 1.68. The van der Waals surface area contributed by atoms with Gasteiger partial charge in [0.05, 0.1) is 13.2 Å². The zero-order valence-corrected chi connectivity index (χ0v) is 13.6. The molecule has 4 nitrogen and oxygen atoms in total. The Bertz CT molecular complexity index is 461. The van der Waals surface area contributed by atoms with E-state index in [4.69, 9.17) is 21.1 Å². The normalized spacial score (nSPS) is 13.4. The summed E-state index contributed by atoms with van der Waals surface area (Å²) in [6.07, 6.45) is 0. The van der Waals surface area contributed by atoms with E-state index < -0.39 is 22.7 Å². The molecule has 0 spiro atoms. The molecule has 0 aliphatic rings.